The Balaban J connectivity index is 1.67. The van der Waals surface area contributed by atoms with Gasteiger partial charge in [-0.3, -0.25) is 14.5 Å². The fraction of sp³-hybridized carbons (Fsp3) is 0.517. The summed E-state index contributed by atoms with van der Waals surface area (Å²) < 4.78 is 16.3. The van der Waals surface area contributed by atoms with E-state index in [0.717, 1.165) is 49.9 Å². The fourth-order valence-electron chi connectivity index (χ4n) is 5.41. The monoisotopic (exact) mass is 510 g/mol. The Morgan fingerprint density at radius 3 is 2.27 bits per heavy atom. The van der Waals surface area contributed by atoms with Gasteiger partial charge >= 0.3 is 5.97 Å². The van der Waals surface area contributed by atoms with Crippen molar-refractivity contribution < 1.29 is 28.9 Å². The van der Waals surface area contributed by atoms with Crippen LogP contribution in [0.15, 0.2) is 42.5 Å². The number of carbonyl (C=O) groups excluding carboxylic acids is 1. The normalized spacial score (nSPS) is 20.7. The Bertz CT molecular complexity index is 1060. The summed E-state index contributed by atoms with van der Waals surface area (Å²) in [5, 5.41) is 10.5. The lowest BCUT2D eigenvalue weighted by atomic mass is 9.82. The minimum atomic E-state index is -0.882. The Kier molecular flexibility index (Phi) is 8.92. The van der Waals surface area contributed by atoms with E-state index >= 15 is 0 Å². The van der Waals surface area contributed by atoms with E-state index in [1.54, 1.807) is 7.11 Å². The molecule has 2 heterocycles. The van der Waals surface area contributed by atoms with Gasteiger partial charge in [0.25, 0.3) is 0 Å². The lowest BCUT2D eigenvalue weighted by Gasteiger charge is -2.30. The maximum absolute atomic E-state index is 13.5. The number of rotatable bonds is 12. The highest BCUT2D eigenvalue weighted by Crippen LogP contribution is 2.47. The molecule has 2 aliphatic rings. The molecule has 200 valence electrons. The van der Waals surface area contributed by atoms with Crippen molar-refractivity contribution >= 4 is 11.9 Å². The molecule has 8 heteroatoms. The number of ether oxygens (including phenoxy) is 3. The molecular formula is C29H38N2O6. The molecule has 0 spiro atoms. The average molecular weight is 511 g/mol. The molecule has 1 amide bonds. The topological polar surface area (TPSA) is 88.5 Å². The number of unbranched alkanes of at least 4 members (excludes halogenated alkanes) is 2. The van der Waals surface area contributed by atoms with Crippen molar-refractivity contribution in [2.75, 3.05) is 40.1 Å². The van der Waals surface area contributed by atoms with Crippen molar-refractivity contribution in [3.05, 3.63) is 53.6 Å². The van der Waals surface area contributed by atoms with Crippen LogP contribution in [0.2, 0.25) is 0 Å². The number of carboxylic acids is 1. The number of carboxylic acid groups (broad SMARTS) is 1. The summed E-state index contributed by atoms with van der Waals surface area (Å²) in [6.07, 6.45) is 3.94. The summed E-state index contributed by atoms with van der Waals surface area (Å²) in [5.41, 5.74) is 1.73. The summed E-state index contributed by atoms with van der Waals surface area (Å²) >= 11 is 0. The number of hydrogen-bond acceptors (Lipinski definition) is 6. The highest BCUT2D eigenvalue weighted by molar-refractivity contribution is 5.79. The highest BCUT2D eigenvalue weighted by atomic mass is 16.7. The molecule has 0 aliphatic carbocycles. The van der Waals surface area contributed by atoms with Crippen molar-refractivity contribution in [2.24, 2.45) is 5.92 Å². The summed E-state index contributed by atoms with van der Waals surface area (Å²) in [4.78, 5) is 30.3. The van der Waals surface area contributed by atoms with E-state index in [2.05, 4.69) is 13.8 Å². The first-order valence-electron chi connectivity index (χ1n) is 13.2. The summed E-state index contributed by atoms with van der Waals surface area (Å²) in [7, 11) is 1.60. The second kappa shape index (κ2) is 12.3. The zero-order valence-corrected chi connectivity index (χ0v) is 22.0. The van der Waals surface area contributed by atoms with Crippen molar-refractivity contribution in [3.8, 4) is 17.2 Å². The zero-order valence-electron chi connectivity index (χ0n) is 22.0. The highest BCUT2D eigenvalue weighted by Gasteiger charge is 2.48. The SMILES string of the molecule is CCCCN(CCCC)C(=O)CN1C[C@H](c2ccc3c(c2)OCO3)C(C(=O)O)[C@@H]1c1ccc(OC)cc1. The Labute approximate surface area is 219 Å². The standard InChI is InChI=1S/C29H38N2O6/c1-4-6-14-30(15-7-5-2)26(32)18-31-17-23(21-10-13-24-25(16-21)37-19-36-24)27(29(33)34)28(31)20-8-11-22(35-3)12-9-20/h8-13,16,23,27-28H,4-7,14-15,17-19H2,1-3H3,(H,33,34)/t23-,27?,28+/m1/s1. The Hall–Kier alpha value is -3.26. The third-order valence-electron chi connectivity index (χ3n) is 7.42. The van der Waals surface area contributed by atoms with Crippen LogP contribution < -0.4 is 14.2 Å². The molecule has 2 aliphatic heterocycles. The van der Waals surface area contributed by atoms with Crippen LogP contribution in [0.4, 0.5) is 0 Å². The van der Waals surface area contributed by atoms with Gasteiger partial charge < -0.3 is 24.2 Å². The Morgan fingerprint density at radius 2 is 1.65 bits per heavy atom. The molecule has 1 fully saturated rings. The largest absolute Gasteiger partial charge is 0.497 e. The molecule has 37 heavy (non-hydrogen) atoms. The molecule has 3 atom stereocenters. The number of aliphatic carboxylic acids is 1. The molecule has 0 radical (unpaired) electrons. The smallest absolute Gasteiger partial charge is 0.309 e. The van der Waals surface area contributed by atoms with Crippen molar-refractivity contribution in [2.45, 2.75) is 51.5 Å². The first-order chi connectivity index (χ1) is 18.0. The van der Waals surface area contributed by atoms with Crippen LogP contribution in [0.25, 0.3) is 0 Å². The first kappa shape index (κ1) is 26.8. The molecule has 0 aromatic heterocycles. The van der Waals surface area contributed by atoms with Crippen LogP contribution in [-0.2, 0) is 9.59 Å². The van der Waals surface area contributed by atoms with E-state index in [1.165, 1.54) is 0 Å². The second-order valence-electron chi connectivity index (χ2n) is 9.82. The summed E-state index contributed by atoms with van der Waals surface area (Å²) in [5.74, 6) is 0.113. The van der Waals surface area contributed by atoms with Gasteiger partial charge in [0.05, 0.1) is 19.6 Å². The second-order valence-corrected chi connectivity index (χ2v) is 9.82. The minimum absolute atomic E-state index is 0.0517. The number of methoxy groups -OCH3 is 1. The van der Waals surface area contributed by atoms with Crippen LogP contribution in [0.1, 0.15) is 62.6 Å². The lowest BCUT2D eigenvalue weighted by molar-refractivity contribution is -0.144. The van der Waals surface area contributed by atoms with Gasteiger partial charge in [-0.2, -0.15) is 0 Å². The van der Waals surface area contributed by atoms with Gasteiger partial charge in [0.15, 0.2) is 11.5 Å². The molecule has 1 unspecified atom stereocenters. The number of nitrogens with zero attached hydrogens (tertiary/aromatic N) is 2. The average Bonchev–Trinajstić information content (AvgIpc) is 3.53. The molecule has 1 N–H and O–H groups in total. The van der Waals surface area contributed by atoms with Crippen LogP contribution >= 0.6 is 0 Å². The molecule has 2 aromatic carbocycles. The molecule has 0 saturated carbocycles. The fourth-order valence-corrected chi connectivity index (χ4v) is 5.41. The van der Waals surface area contributed by atoms with Crippen LogP contribution in [-0.4, -0.2) is 66.9 Å². The van der Waals surface area contributed by atoms with E-state index in [4.69, 9.17) is 14.2 Å². The van der Waals surface area contributed by atoms with Gasteiger partial charge in [-0.1, -0.05) is 44.9 Å². The predicted octanol–water partition coefficient (Wildman–Crippen LogP) is 4.69. The third-order valence-corrected chi connectivity index (χ3v) is 7.42. The summed E-state index contributed by atoms with van der Waals surface area (Å²) in [6.45, 7) is 6.48. The number of hydrogen-bond donors (Lipinski definition) is 1. The van der Waals surface area contributed by atoms with E-state index in [0.29, 0.717) is 23.8 Å². The van der Waals surface area contributed by atoms with Gasteiger partial charge in [0.2, 0.25) is 12.7 Å². The molecule has 1 saturated heterocycles. The van der Waals surface area contributed by atoms with Crippen LogP contribution in [0, 0.1) is 5.92 Å². The molecule has 8 nitrogen and oxygen atoms in total. The zero-order chi connectivity index (χ0) is 26.4. The van der Waals surface area contributed by atoms with E-state index in [1.807, 2.05) is 52.3 Å². The van der Waals surface area contributed by atoms with Gasteiger partial charge in [-0.15, -0.1) is 0 Å². The van der Waals surface area contributed by atoms with Crippen LogP contribution in [0.5, 0.6) is 17.2 Å². The van der Waals surface area contributed by atoms with Crippen molar-refractivity contribution in [3.63, 3.8) is 0 Å². The number of benzene rings is 2. The van der Waals surface area contributed by atoms with E-state index in [9.17, 15) is 14.7 Å². The van der Waals surface area contributed by atoms with E-state index < -0.39 is 17.9 Å². The molecule has 4 rings (SSSR count). The summed E-state index contributed by atoms with van der Waals surface area (Å²) in [6, 6.07) is 12.7. The van der Waals surface area contributed by atoms with Gasteiger partial charge in [-0.05, 0) is 48.2 Å². The van der Waals surface area contributed by atoms with Gasteiger partial charge in [0.1, 0.15) is 5.75 Å². The maximum Gasteiger partial charge on any atom is 0.309 e. The Morgan fingerprint density at radius 1 is 1.00 bits per heavy atom. The predicted molar refractivity (Wildman–Crippen MR) is 140 cm³/mol. The van der Waals surface area contributed by atoms with Gasteiger partial charge in [0, 0.05) is 31.6 Å². The quantitative estimate of drug-likeness (QED) is 0.443. The van der Waals surface area contributed by atoms with E-state index in [-0.39, 0.29) is 25.2 Å². The molecule has 2 aromatic rings. The minimum Gasteiger partial charge on any atom is -0.497 e. The maximum atomic E-state index is 13.5. The van der Waals surface area contributed by atoms with Crippen molar-refractivity contribution in [1.82, 2.24) is 9.80 Å². The lowest BCUT2D eigenvalue weighted by Crippen LogP contribution is -2.42. The number of amides is 1. The number of carbonyl (C=O) groups is 2. The van der Waals surface area contributed by atoms with Crippen molar-refractivity contribution in [1.29, 1.82) is 0 Å². The number of fused-ring (bicyclic) bond motifs is 1. The van der Waals surface area contributed by atoms with Crippen LogP contribution in [0.3, 0.4) is 0 Å². The van der Waals surface area contributed by atoms with Gasteiger partial charge in [-0.25, -0.2) is 0 Å². The number of likely N-dealkylation sites (tertiary alicyclic amines) is 1. The third kappa shape index (κ3) is 6.01. The molecular weight excluding hydrogens is 472 g/mol. The first-order valence-corrected chi connectivity index (χ1v) is 13.2. The molecule has 0 bridgehead atoms.